The van der Waals surface area contributed by atoms with E-state index in [4.69, 9.17) is 27.9 Å². The van der Waals surface area contributed by atoms with E-state index in [2.05, 4.69) is 10.4 Å². The molecule has 1 saturated carbocycles. The Bertz CT molecular complexity index is 1220. The minimum absolute atomic E-state index is 0.0710. The van der Waals surface area contributed by atoms with Crippen LogP contribution in [-0.2, 0) is 4.74 Å². The van der Waals surface area contributed by atoms with Crippen LogP contribution in [0.1, 0.15) is 45.2 Å². The average Bonchev–Trinajstić information content (AvgIpc) is 3.57. The Morgan fingerprint density at radius 1 is 1.06 bits per heavy atom. The largest absolute Gasteiger partial charge is 0.378 e. The molecule has 7 nitrogen and oxygen atoms in total. The van der Waals surface area contributed by atoms with E-state index in [0.29, 0.717) is 58.9 Å². The Morgan fingerprint density at radius 3 is 2.58 bits per heavy atom. The summed E-state index contributed by atoms with van der Waals surface area (Å²) in [5.41, 5.74) is 3.09. The highest BCUT2D eigenvalue weighted by Crippen LogP contribution is 2.43. The summed E-state index contributed by atoms with van der Waals surface area (Å²) in [7, 11) is 0. The topological polar surface area (TPSA) is 76.5 Å². The van der Waals surface area contributed by atoms with Crippen LogP contribution in [0.3, 0.4) is 0 Å². The molecule has 9 heteroatoms. The number of rotatable bonds is 5. The van der Waals surface area contributed by atoms with Crippen molar-refractivity contribution in [2.75, 3.05) is 31.6 Å². The molecular formula is C24H22Cl2N4O3. The van der Waals surface area contributed by atoms with Gasteiger partial charge in [0.05, 0.1) is 41.4 Å². The molecule has 2 aliphatic rings. The van der Waals surface area contributed by atoms with Gasteiger partial charge < -0.3 is 15.0 Å². The highest BCUT2D eigenvalue weighted by molar-refractivity contribution is 6.35. The van der Waals surface area contributed by atoms with E-state index in [1.165, 1.54) is 0 Å². The predicted octanol–water partition coefficient (Wildman–Crippen LogP) is 4.78. The first kappa shape index (κ1) is 21.9. The molecule has 1 aliphatic carbocycles. The number of hydrogen-bond donors (Lipinski definition) is 1. The maximum atomic E-state index is 13.2. The van der Waals surface area contributed by atoms with Crippen LogP contribution in [0.15, 0.2) is 48.7 Å². The highest BCUT2D eigenvalue weighted by atomic mass is 35.5. The number of aromatic nitrogens is 2. The van der Waals surface area contributed by atoms with Gasteiger partial charge in [0.2, 0.25) is 0 Å². The molecule has 0 bridgehead atoms. The smallest absolute Gasteiger partial charge is 0.259 e. The Morgan fingerprint density at radius 2 is 1.85 bits per heavy atom. The summed E-state index contributed by atoms with van der Waals surface area (Å²) in [5, 5.41) is 8.39. The van der Waals surface area contributed by atoms with Crippen LogP contribution in [-0.4, -0.2) is 52.8 Å². The second kappa shape index (κ2) is 9.17. The number of hydrogen-bond acceptors (Lipinski definition) is 4. The summed E-state index contributed by atoms with van der Waals surface area (Å²) >= 11 is 12.4. The van der Waals surface area contributed by atoms with E-state index in [1.807, 2.05) is 0 Å². The van der Waals surface area contributed by atoms with Crippen LogP contribution in [0.2, 0.25) is 10.0 Å². The molecule has 1 saturated heterocycles. The number of morpholine rings is 1. The maximum Gasteiger partial charge on any atom is 0.259 e. The van der Waals surface area contributed by atoms with Crippen molar-refractivity contribution in [2.45, 2.75) is 18.8 Å². The molecule has 170 valence electrons. The van der Waals surface area contributed by atoms with Gasteiger partial charge in [-0.3, -0.25) is 9.59 Å². The summed E-state index contributed by atoms with van der Waals surface area (Å²) in [6.07, 6.45) is 3.54. The molecule has 0 radical (unpaired) electrons. The first-order valence-corrected chi connectivity index (χ1v) is 11.6. The normalized spacial score (nSPS) is 16.0. The van der Waals surface area contributed by atoms with E-state index in [1.54, 1.807) is 58.2 Å². The molecule has 2 amide bonds. The van der Waals surface area contributed by atoms with Crippen molar-refractivity contribution in [3.8, 4) is 5.69 Å². The van der Waals surface area contributed by atoms with Crippen LogP contribution >= 0.6 is 23.2 Å². The summed E-state index contributed by atoms with van der Waals surface area (Å²) in [4.78, 5) is 27.8. The molecule has 2 fully saturated rings. The monoisotopic (exact) mass is 484 g/mol. The fourth-order valence-corrected chi connectivity index (χ4v) is 4.49. The number of benzene rings is 2. The number of nitrogens with zero attached hydrogens (tertiary/aromatic N) is 3. The van der Waals surface area contributed by atoms with E-state index in [9.17, 15) is 9.59 Å². The SMILES string of the molecule is O=C(Nc1cccc(C(=O)N2CCOCC2)c1)c1cnn(-c2ccc(Cl)cc2Cl)c1C1CC1. The molecule has 1 aliphatic heterocycles. The lowest BCUT2D eigenvalue weighted by Crippen LogP contribution is -2.40. The minimum atomic E-state index is -0.274. The fourth-order valence-electron chi connectivity index (χ4n) is 4.00. The van der Waals surface area contributed by atoms with Gasteiger partial charge in [0.1, 0.15) is 0 Å². The fraction of sp³-hybridized carbons (Fsp3) is 0.292. The van der Waals surface area contributed by atoms with Crippen LogP contribution in [0.25, 0.3) is 5.69 Å². The Balaban J connectivity index is 1.39. The molecule has 0 atom stereocenters. The zero-order valence-corrected chi connectivity index (χ0v) is 19.3. The number of carbonyl (C=O) groups is 2. The van der Waals surface area contributed by atoms with E-state index >= 15 is 0 Å². The van der Waals surface area contributed by atoms with Gasteiger partial charge in [-0.2, -0.15) is 5.10 Å². The molecule has 3 aromatic rings. The van der Waals surface area contributed by atoms with Crippen molar-refractivity contribution in [1.29, 1.82) is 0 Å². The Labute approximate surface area is 201 Å². The molecule has 0 spiro atoms. The second-order valence-electron chi connectivity index (χ2n) is 8.16. The first-order valence-electron chi connectivity index (χ1n) is 10.8. The van der Waals surface area contributed by atoms with E-state index < -0.39 is 0 Å². The summed E-state index contributed by atoms with van der Waals surface area (Å²) < 4.78 is 7.05. The van der Waals surface area contributed by atoms with Crippen molar-refractivity contribution in [1.82, 2.24) is 14.7 Å². The molecule has 33 heavy (non-hydrogen) atoms. The quantitative estimate of drug-likeness (QED) is 0.565. The number of amides is 2. The van der Waals surface area contributed by atoms with Crippen LogP contribution < -0.4 is 5.32 Å². The summed E-state index contributed by atoms with van der Waals surface area (Å²) in [6.45, 7) is 2.20. The van der Waals surface area contributed by atoms with Crippen LogP contribution in [0.5, 0.6) is 0 Å². The molecule has 2 aromatic carbocycles. The average molecular weight is 485 g/mol. The minimum Gasteiger partial charge on any atom is -0.378 e. The molecule has 1 N–H and O–H groups in total. The van der Waals surface area contributed by atoms with Crippen molar-refractivity contribution < 1.29 is 14.3 Å². The highest BCUT2D eigenvalue weighted by Gasteiger charge is 2.33. The number of ether oxygens (including phenoxy) is 1. The predicted molar refractivity (Wildman–Crippen MR) is 127 cm³/mol. The van der Waals surface area contributed by atoms with Gasteiger partial charge in [-0.05, 0) is 49.2 Å². The van der Waals surface area contributed by atoms with Gasteiger partial charge in [0.15, 0.2) is 0 Å². The Kier molecular flexibility index (Phi) is 6.10. The van der Waals surface area contributed by atoms with Gasteiger partial charge in [0, 0.05) is 35.3 Å². The van der Waals surface area contributed by atoms with Gasteiger partial charge in [-0.25, -0.2) is 4.68 Å². The van der Waals surface area contributed by atoms with Crippen LogP contribution in [0.4, 0.5) is 5.69 Å². The number of anilines is 1. The van der Waals surface area contributed by atoms with Crippen molar-refractivity contribution in [2.24, 2.45) is 0 Å². The number of nitrogens with one attached hydrogen (secondary N) is 1. The zero-order valence-electron chi connectivity index (χ0n) is 17.8. The number of carbonyl (C=O) groups excluding carboxylic acids is 2. The molecular weight excluding hydrogens is 463 g/mol. The lowest BCUT2D eigenvalue weighted by Gasteiger charge is -2.27. The van der Waals surface area contributed by atoms with E-state index in [-0.39, 0.29) is 17.7 Å². The van der Waals surface area contributed by atoms with Crippen molar-refractivity contribution in [3.63, 3.8) is 0 Å². The standard InChI is InChI=1S/C24H22Cl2N4O3/c25-17-6-7-21(20(26)13-17)30-22(15-4-5-15)19(14-27-30)23(31)28-18-3-1-2-16(12-18)24(32)29-8-10-33-11-9-29/h1-3,6-7,12-15H,4-5,8-11H2,(H,28,31). The van der Waals surface area contributed by atoms with Gasteiger partial charge in [-0.15, -0.1) is 0 Å². The van der Waals surface area contributed by atoms with Gasteiger partial charge in [0.25, 0.3) is 11.8 Å². The third-order valence-electron chi connectivity index (χ3n) is 5.82. The van der Waals surface area contributed by atoms with Gasteiger partial charge in [-0.1, -0.05) is 29.3 Å². The molecule has 5 rings (SSSR count). The maximum absolute atomic E-state index is 13.2. The second-order valence-corrected chi connectivity index (χ2v) is 9.01. The van der Waals surface area contributed by atoms with E-state index in [0.717, 1.165) is 18.5 Å². The third kappa shape index (κ3) is 4.62. The molecule has 0 unspecified atom stereocenters. The molecule has 2 heterocycles. The molecule has 1 aromatic heterocycles. The third-order valence-corrected chi connectivity index (χ3v) is 6.36. The summed E-state index contributed by atoms with van der Waals surface area (Å²) in [5.74, 6) is -0.100. The zero-order chi connectivity index (χ0) is 22.9. The summed E-state index contributed by atoms with van der Waals surface area (Å²) in [6, 6.07) is 12.2. The Hall–Kier alpha value is -2.87. The van der Waals surface area contributed by atoms with Crippen molar-refractivity contribution in [3.05, 3.63) is 75.5 Å². The lowest BCUT2D eigenvalue weighted by molar-refractivity contribution is 0.0303. The number of halogens is 2. The lowest BCUT2D eigenvalue weighted by atomic mass is 10.1. The van der Waals surface area contributed by atoms with Gasteiger partial charge >= 0.3 is 0 Å². The van der Waals surface area contributed by atoms with Crippen LogP contribution in [0, 0.1) is 0 Å². The first-order chi connectivity index (χ1) is 16.0. The van der Waals surface area contributed by atoms with Crippen molar-refractivity contribution >= 4 is 40.7 Å².